The van der Waals surface area contributed by atoms with Crippen molar-refractivity contribution in [2.24, 2.45) is 5.73 Å². The summed E-state index contributed by atoms with van der Waals surface area (Å²) in [7, 11) is 1.44. The van der Waals surface area contributed by atoms with E-state index in [1.54, 1.807) is 18.2 Å². The molecule has 1 aliphatic heterocycles. The van der Waals surface area contributed by atoms with E-state index in [2.05, 4.69) is 5.32 Å². The van der Waals surface area contributed by atoms with Crippen molar-refractivity contribution in [1.29, 1.82) is 5.26 Å². The molecule has 1 aromatic rings. The Morgan fingerprint density at radius 2 is 2.27 bits per heavy atom. The van der Waals surface area contributed by atoms with Crippen LogP contribution in [0.4, 0.5) is 0 Å². The van der Waals surface area contributed by atoms with Gasteiger partial charge in [-0.25, -0.2) is 0 Å². The first-order chi connectivity index (χ1) is 12.5. The van der Waals surface area contributed by atoms with Crippen LogP contribution in [0.5, 0.6) is 11.5 Å². The molecule has 1 fully saturated rings. The lowest BCUT2D eigenvalue weighted by atomic mass is 10.1. The van der Waals surface area contributed by atoms with Gasteiger partial charge in [-0.15, -0.1) is 0 Å². The molecule has 3 N–H and O–H groups in total. The fourth-order valence-electron chi connectivity index (χ4n) is 2.46. The number of methoxy groups -OCH3 is 1. The Morgan fingerprint density at radius 3 is 2.88 bits per heavy atom. The van der Waals surface area contributed by atoms with Crippen LogP contribution in [0.15, 0.2) is 23.8 Å². The summed E-state index contributed by atoms with van der Waals surface area (Å²) >= 11 is 0. The van der Waals surface area contributed by atoms with Gasteiger partial charge in [0.15, 0.2) is 18.1 Å². The lowest BCUT2D eigenvalue weighted by Crippen LogP contribution is -2.32. The molecule has 0 bridgehead atoms. The molecule has 0 spiro atoms. The molecule has 1 heterocycles. The van der Waals surface area contributed by atoms with Crippen LogP contribution < -0.4 is 20.5 Å². The number of nitrogens with zero attached hydrogens (tertiary/aromatic N) is 1. The Balaban J connectivity index is 2.07. The number of carbonyl (C=O) groups is 2. The van der Waals surface area contributed by atoms with E-state index >= 15 is 0 Å². The van der Waals surface area contributed by atoms with Gasteiger partial charge in [-0.3, -0.25) is 9.59 Å². The highest BCUT2D eigenvalue weighted by atomic mass is 16.5. The zero-order valence-electron chi connectivity index (χ0n) is 14.5. The minimum Gasteiger partial charge on any atom is -0.493 e. The van der Waals surface area contributed by atoms with E-state index in [0.717, 1.165) is 12.8 Å². The zero-order valence-corrected chi connectivity index (χ0v) is 14.5. The van der Waals surface area contributed by atoms with Crippen LogP contribution >= 0.6 is 0 Å². The molecule has 2 rings (SSSR count). The van der Waals surface area contributed by atoms with Crippen LogP contribution in [-0.4, -0.2) is 44.8 Å². The minimum atomic E-state index is -0.606. The van der Waals surface area contributed by atoms with E-state index in [1.807, 2.05) is 6.07 Å². The number of hydrogen-bond donors (Lipinski definition) is 2. The first-order valence-corrected chi connectivity index (χ1v) is 8.14. The van der Waals surface area contributed by atoms with Crippen molar-refractivity contribution >= 4 is 17.9 Å². The van der Waals surface area contributed by atoms with Crippen LogP contribution in [0.3, 0.4) is 0 Å². The Kier molecular flexibility index (Phi) is 7.00. The molecular formula is C18H21N3O5. The van der Waals surface area contributed by atoms with Gasteiger partial charge in [0.25, 0.3) is 11.8 Å². The summed E-state index contributed by atoms with van der Waals surface area (Å²) in [6.45, 7) is 0.799. The van der Waals surface area contributed by atoms with E-state index in [9.17, 15) is 14.9 Å². The van der Waals surface area contributed by atoms with E-state index < -0.39 is 11.8 Å². The summed E-state index contributed by atoms with van der Waals surface area (Å²) in [6, 6.07) is 6.71. The Morgan fingerprint density at radius 1 is 1.46 bits per heavy atom. The quantitative estimate of drug-likeness (QED) is 0.522. The molecule has 138 valence electrons. The Labute approximate surface area is 151 Å². The maximum absolute atomic E-state index is 12.2. The molecule has 1 aliphatic rings. The lowest BCUT2D eigenvalue weighted by Gasteiger charge is -2.11. The van der Waals surface area contributed by atoms with Crippen LogP contribution in [0.2, 0.25) is 0 Å². The predicted molar refractivity (Wildman–Crippen MR) is 93.3 cm³/mol. The second-order valence-electron chi connectivity index (χ2n) is 5.68. The molecule has 0 aromatic heterocycles. The third-order valence-electron chi connectivity index (χ3n) is 3.75. The van der Waals surface area contributed by atoms with Crippen LogP contribution in [0.25, 0.3) is 6.08 Å². The van der Waals surface area contributed by atoms with Gasteiger partial charge in [-0.05, 0) is 36.6 Å². The fourth-order valence-corrected chi connectivity index (χ4v) is 2.46. The number of carbonyl (C=O) groups excluding carboxylic acids is 2. The van der Waals surface area contributed by atoms with E-state index in [4.69, 9.17) is 19.9 Å². The SMILES string of the molecule is COc1cc(/C=C(\C#N)C(=O)NC[C@H]2CCCO2)ccc1OCC(N)=O. The van der Waals surface area contributed by atoms with Gasteiger partial charge in [0.2, 0.25) is 0 Å². The molecule has 26 heavy (non-hydrogen) atoms. The van der Waals surface area contributed by atoms with Crippen molar-refractivity contribution in [3.63, 3.8) is 0 Å². The molecule has 1 saturated heterocycles. The molecule has 8 heteroatoms. The van der Waals surface area contributed by atoms with Gasteiger partial charge in [0.05, 0.1) is 13.2 Å². The van der Waals surface area contributed by atoms with Crippen molar-refractivity contribution in [2.45, 2.75) is 18.9 Å². The maximum atomic E-state index is 12.2. The summed E-state index contributed by atoms with van der Waals surface area (Å²) in [5, 5.41) is 12.0. The molecule has 0 unspecified atom stereocenters. The number of primary amides is 1. The van der Waals surface area contributed by atoms with Gasteiger partial charge in [0.1, 0.15) is 11.6 Å². The molecule has 0 radical (unpaired) electrons. The Bertz CT molecular complexity index is 733. The summed E-state index contributed by atoms with van der Waals surface area (Å²) < 4.78 is 15.9. The normalized spacial score (nSPS) is 16.6. The summed E-state index contributed by atoms with van der Waals surface area (Å²) in [4.78, 5) is 23.0. The number of nitrogens with two attached hydrogens (primary N) is 1. The van der Waals surface area contributed by atoms with Crippen LogP contribution in [-0.2, 0) is 14.3 Å². The third-order valence-corrected chi connectivity index (χ3v) is 3.75. The number of amides is 2. The van der Waals surface area contributed by atoms with Crippen molar-refractivity contribution in [3.05, 3.63) is 29.3 Å². The van der Waals surface area contributed by atoms with Gasteiger partial charge in [-0.2, -0.15) is 5.26 Å². The van der Waals surface area contributed by atoms with Crippen molar-refractivity contribution < 1.29 is 23.8 Å². The van der Waals surface area contributed by atoms with Gasteiger partial charge >= 0.3 is 0 Å². The standard InChI is InChI=1S/C18H21N3O5/c1-24-16-8-12(4-5-15(16)26-11-17(20)22)7-13(9-19)18(23)21-10-14-3-2-6-25-14/h4-5,7-8,14H,2-3,6,10-11H2,1H3,(H2,20,22)(H,21,23)/b13-7+/t14-/m1/s1. The van der Waals surface area contributed by atoms with Gasteiger partial charge in [0, 0.05) is 13.2 Å². The van der Waals surface area contributed by atoms with Crippen molar-refractivity contribution in [3.8, 4) is 17.6 Å². The van der Waals surface area contributed by atoms with E-state index in [1.165, 1.54) is 13.2 Å². The van der Waals surface area contributed by atoms with E-state index in [0.29, 0.717) is 30.2 Å². The average Bonchev–Trinajstić information content (AvgIpc) is 3.16. The molecule has 0 aliphatic carbocycles. The number of rotatable bonds is 8. The summed E-state index contributed by atoms with van der Waals surface area (Å²) in [5.74, 6) is -0.372. The second kappa shape index (κ2) is 9.44. The predicted octanol–water partition coefficient (Wildman–Crippen LogP) is 0.761. The Hall–Kier alpha value is -3.05. The molecular weight excluding hydrogens is 338 g/mol. The number of nitrogens with one attached hydrogen (secondary N) is 1. The smallest absolute Gasteiger partial charge is 0.262 e. The summed E-state index contributed by atoms with van der Waals surface area (Å²) in [5.41, 5.74) is 5.60. The topological polar surface area (TPSA) is 124 Å². The molecule has 1 aromatic carbocycles. The molecule has 1 atom stereocenters. The highest BCUT2D eigenvalue weighted by Gasteiger charge is 2.17. The second-order valence-corrected chi connectivity index (χ2v) is 5.68. The van der Waals surface area contributed by atoms with Gasteiger partial charge < -0.3 is 25.3 Å². The number of nitriles is 1. The monoisotopic (exact) mass is 359 g/mol. The first-order valence-electron chi connectivity index (χ1n) is 8.14. The molecule has 0 saturated carbocycles. The number of benzene rings is 1. The van der Waals surface area contributed by atoms with Gasteiger partial charge in [-0.1, -0.05) is 6.07 Å². The van der Waals surface area contributed by atoms with Crippen molar-refractivity contribution in [2.75, 3.05) is 26.9 Å². The molecule has 8 nitrogen and oxygen atoms in total. The largest absolute Gasteiger partial charge is 0.493 e. The first kappa shape index (κ1) is 19.3. The maximum Gasteiger partial charge on any atom is 0.262 e. The third kappa shape index (κ3) is 5.50. The molecule has 2 amide bonds. The average molecular weight is 359 g/mol. The van der Waals surface area contributed by atoms with E-state index in [-0.39, 0.29) is 18.3 Å². The highest BCUT2D eigenvalue weighted by Crippen LogP contribution is 2.28. The van der Waals surface area contributed by atoms with Crippen molar-refractivity contribution in [1.82, 2.24) is 5.32 Å². The van der Waals surface area contributed by atoms with Crippen LogP contribution in [0.1, 0.15) is 18.4 Å². The number of hydrogen-bond acceptors (Lipinski definition) is 6. The lowest BCUT2D eigenvalue weighted by molar-refractivity contribution is -0.120. The zero-order chi connectivity index (χ0) is 18.9. The minimum absolute atomic E-state index is 0.000625. The highest BCUT2D eigenvalue weighted by molar-refractivity contribution is 6.01. The fraction of sp³-hybridized carbons (Fsp3) is 0.389. The summed E-state index contributed by atoms with van der Waals surface area (Å²) in [6.07, 6.45) is 3.33. The van der Waals surface area contributed by atoms with Crippen LogP contribution in [0, 0.1) is 11.3 Å². The number of ether oxygens (including phenoxy) is 3.